The summed E-state index contributed by atoms with van der Waals surface area (Å²) >= 11 is 0. The number of hydrogen-bond acceptors (Lipinski definition) is 4. The van der Waals surface area contributed by atoms with Crippen molar-refractivity contribution < 1.29 is 14.3 Å². The summed E-state index contributed by atoms with van der Waals surface area (Å²) in [6, 6.07) is 15.1. The van der Waals surface area contributed by atoms with Crippen molar-refractivity contribution in [3.8, 4) is 5.75 Å². The molecular weight excluding hydrogens is 270 g/mol. The van der Waals surface area contributed by atoms with E-state index in [4.69, 9.17) is 16.3 Å². The first-order chi connectivity index (χ1) is 10.1. The van der Waals surface area contributed by atoms with Gasteiger partial charge < -0.3 is 10.5 Å². The van der Waals surface area contributed by atoms with E-state index >= 15 is 0 Å². The van der Waals surface area contributed by atoms with Crippen LogP contribution in [0, 0.1) is 0 Å². The highest BCUT2D eigenvalue weighted by molar-refractivity contribution is 5.92. The lowest BCUT2D eigenvalue weighted by molar-refractivity contribution is -0.128. The van der Waals surface area contributed by atoms with Gasteiger partial charge in [-0.3, -0.25) is 15.0 Å². The summed E-state index contributed by atoms with van der Waals surface area (Å²) in [5, 5.41) is 0. The van der Waals surface area contributed by atoms with Crippen LogP contribution < -0.4 is 21.7 Å². The van der Waals surface area contributed by atoms with Crippen LogP contribution in [0.4, 0.5) is 0 Å². The van der Waals surface area contributed by atoms with Crippen LogP contribution >= 0.6 is 0 Å². The van der Waals surface area contributed by atoms with Crippen LogP contribution in [0.25, 0.3) is 0 Å². The molecule has 0 aliphatic rings. The summed E-state index contributed by atoms with van der Waals surface area (Å²) in [7, 11) is 0. The van der Waals surface area contributed by atoms with Crippen LogP contribution in [-0.2, 0) is 4.79 Å². The zero-order valence-electron chi connectivity index (χ0n) is 11.2. The number of hydrogen-bond donors (Lipinski definition) is 3. The van der Waals surface area contributed by atoms with Gasteiger partial charge in [-0.2, -0.15) is 0 Å². The molecule has 0 fully saturated rings. The maximum atomic E-state index is 11.9. The summed E-state index contributed by atoms with van der Waals surface area (Å²) in [4.78, 5) is 22.9. The molecule has 21 heavy (non-hydrogen) atoms. The second-order valence-electron chi connectivity index (χ2n) is 4.31. The molecule has 1 atom stereocenters. The number of hydrazine groups is 1. The molecule has 2 rings (SSSR count). The molecule has 0 aliphatic heterocycles. The number of carbonyl (C=O) groups is 2. The van der Waals surface area contributed by atoms with Gasteiger partial charge in [0.1, 0.15) is 5.75 Å². The van der Waals surface area contributed by atoms with Crippen molar-refractivity contribution in [2.45, 2.75) is 6.10 Å². The molecule has 5 N–H and O–H groups in total. The van der Waals surface area contributed by atoms with E-state index in [0.717, 1.165) is 0 Å². The third-order valence-electron chi connectivity index (χ3n) is 2.88. The predicted octanol–water partition coefficient (Wildman–Crippen LogP) is 0.895. The quantitative estimate of drug-likeness (QED) is 0.431. The zero-order valence-corrected chi connectivity index (χ0v) is 11.2. The van der Waals surface area contributed by atoms with E-state index in [1.165, 1.54) is 12.1 Å². The van der Waals surface area contributed by atoms with Gasteiger partial charge in [0.15, 0.2) is 0 Å². The van der Waals surface area contributed by atoms with E-state index < -0.39 is 17.9 Å². The molecule has 0 bridgehead atoms. The number of benzene rings is 2. The topological polar surface area (TPSA) is 107 Å². The third kappa shape index (κ3) is 3.58. The second kappa shape index (κ2) is 6.53. The lowest BCUT2D eigenvalue weighted by Gasteiger charge is -2.18. The normalized spacial score (nSPS) is 11.5. The number of amides is 2. The van der Waals surface area contributed by atoms with Crippen LogP contribution in [-0.4, -0.2) is 11.8 Å². The summed E-state index contributed by atoms with van der Waals surface area (Å²) in [5.74, 6) is 4.62. The summed E-state index contributed by atoms with van der Waals surface area (Å²) in [5.41, 5.74) is 8.27. The first-order valence-electron chi connectivity index (χ1n) is 6.23. The molecule has 6 nitrogen and oxygen atoms in total. The van der Waals surface area contributed by atoms with Gasteiger partial charge in [-0.15, -0.1) is 0 Å². The van der Waals surface area contributed by atoms with E-state index in [9.17, 15) is 9.59 Å². The number of rotatable bonds is 5. The molecule has 2 aromatic carbocycles. The zero-order chi connectivity index (χ0) is 15.2. The smallest absolute Gasteiger partial charge is 0.279 e. The minimum Gasteiger partial charge on any atom is -0.476 e. The molecule has 0 saturated carbocycles. The minimum atomic E-state index is -0.879. The van der Waals surface area contributed by atoms with Gasteiger partial charge in [-0.05, 0) is 24.3 Å². The first kappa shape index (κ1) is 14.5. The van der Waals surface area contributed by atoms with Gasteiger partial charge in [0.05, 0.1) is 0 Å². The van der Waals surface area contributed by atoms with Crippen molar-refractivity contribution >= 4 is 11.8 Å². The van der Waals surface area contributed by atoms with E-state index in [2.05, 4.69) is 5.43 Å². The Hall–Kier alpha value is -2.86. The van der Waals surface area contributed by atoms with Gasteiger partial charge >= 0.3 is 0 Å². The van der Waals surface area contributed by atoms with Gasteiger partial charge in [0, 0.05) is 11.1 Å². The Balaban J connectivity index is 2.23. The van der Waals surface area contributed by atoms with Crippen molar-refractivity contribution in [2.24, 2.45) is 11.6 Å². The fourth-order valence-electron chi connectivity index (χ4n) is 1.81. The van der Waals surface area contributed by atoms with E-state index in [1.807, 2.05) is 6.07 Å². The van der Waals surface area contributed by atoms with Gasteiger partial charge in [-0.1, -0.05) is 30.3 Å². The molecule has 1 unspecified atom stereocenters. The van der Waals surface area contributed by atoms with E-state index in [-0.39, 0.29) is 0 Å². The Morgan fingerprint density at radius 2 is 1.62 bits per heavy atom. The Morgan fingerprint density at radius 3 is 2.14 bits per heavy atom. The number of ether oxygens (including phenoxy) is 1. The fourth-order valence-corrected chi connectivity index (χ4v) is 1.81. The maximum Gasteiger partial charge on any atom is 0.279 e. The Bertz CT molecular complexity index is 626. The SMILES string of the molecule is NNC(=O)C(Oc1ccc(C(N)=O)cc1)c1ccccc1. The van der Waals surface area contributed by atoms with Crippen molar-refractivity contribution in [1.82, 2.24) is 5.43 Å². The molecule has 0 aromatic heterocycles. The molecule has 0 radical (unpaired) electrons. The van der Waals surface area contributed by atoms with Crippen LogP contribution in [0.1, 0.15) is 22.0 Å². The van der Waals surface area contributed by atoms with Crippen molar-refractivity contribution in [1.29, 1.82) is 0 Å². The molecule has 0 saturated heterocycles. The molecule has 0 aliphatic carbocycles. The Labute approximate surface area is 121 Å². The van der Waals surface area contributed by atoms with Gasteiger partial charge in [-0.25, -0.2) is 5.84 Å². The minimum absolute atomic E-state index is 0.363. The molecular formula is C15H15N3O3. The number of nitrogens with two attached hydrogens (primary N) is 2. The fraction of sp³-hybridized carbons (Fsp3) is 0.0667. The van der Waals surface area contributed by atoms with Crippen LogP contribution in [0.2, 0.25) is 0 Å². The van der Waals surface area contributed by atoms with Crippen molar-refractivity contribution in [3.05, 3.63) is 65.7 Å². The predicted molar refractivity (Wildman–Crippen MR) is 77.1 cm³/mol. The lowest BCUT2D eigenvalue weighted by atomic mass is 10.1. The molecule has 0 heterocycles. The molecule has 2 amide bonds. The molecule has 2 aromatic rings. The number of primary amides is 1. The van der Waals surface area contributed by atoms with Crippen LogP contribution in [0.15, 0.2) is 54.6 Å². The van der Waals surface area contributed by atoms with E-state index in [1.54, 1.807) is 36.4 Å². The summed E-state index contributed by atoms with van der Waals surface area (Å²) < 4.78 is 5.64. The van der Waals surface area contributed by atoms with Crippen LogP contribution in [0.3, 0.4) is 0 Å². The number of carbonyl (C=O) groups excluding carboxylic acids is 2. The Kier molecular flexibility index (Phi) is 4.53. The highest BCUT2D eigenvalue weighted by Gasteiger charge is 2.21. The highest BCUT2D eigenvalue weighted by atomic mass is 16.5. The van der Waals surface area contributed by atoms with Crippen molar-refractivity contribution in [2.75, 3.05) is 0 Å². The number of nitrogens with one attached hydrogen (secondary N) is 1. The summed E-state index contributed by atoms with van der Waals surface area (Å²) in [6.45, 7) is 0. The summed E-state index contributed by atoms with van der Waals surface area (Å²) in [6.07, 6.45) is -0.879. The first-order valence-corrected chi connectivity index (χ1v) is 6.23. The second-order valence-corrected chi connectivity index (χ2v) is 4.31. The molecule has 108 valence electrons. The highest BCUT2D eigenvalue weighted by Crippen LogP contribution is 2.22. The molecule has 6 heteroatoms. The monoisotopic (exact) mass is 285 g/mol. The molecule has 0 spiro atoms. The average Bonchev–Trinajstić information content (AvgIpc) is 2.53. The van der Waals surface area contributed by atoms with Gasteiger partial charge in [0.25, 0.3) is 5.91 Å². The Morgan fingerprint density at radius 1 is 1.00 bits per heavy atom. The maximum absolute atomic E-state index is 11.9. The van der Waals surface area contributed by atoms with Crippen molar-refractivity contribution in [3.63, 3.8) is 0 Å². The third-order valence-corrected chi connectivity index (χ3v) is 2.88. The average molecular weight is 285 g/mol. The van der Waals surface area contributed by atoms with E-state index in [0.29, 0.717) is 16.9 Å². The largest absolute Gasteiger partial charge is 0.476 e. The van der Waals surface area contributed by atoms with Gasteiger partial charge in [0.2, 0.25) is 12.0 Å². The standard InChI is InChI=1S/C15H15N3O3/c16-14(19)11-6-8-12(9-7-11)21-13(15(20)18-17)10-4-2-1-3-5-10/h1-9,13H,17H2,(H2,16,19)(H,18,20). The van der Waals surface area contributed by atoms with Crippen LogP contribution in [0.5, 0.6) is 5.75 Å². The lowest BCUT2D eigenvalue weighted by Crippen LogP contribution is -2.37.